The molecule has 0 spiro atoms. The zero-order chi connectivity index (χ0) is 48.3. The predicted octanol–water partition coefficient (Wildman–Crippen LogP) is 4.73. The van der Waals surface area contributed by atoms with Gasteiger partial charge in [0.2, 0.25) is 11.5 Å². The molecular weight excluding hydrogens is 865 g/mol. The molecule has 21 heteroatoms. The zero-order valence-corrected chi connectivity index (χ0v) is 34.9. The van der Waals surface area contributed by atoms with Crippen LogP contribution in [0.5, 0.6) is 69.0 Å². The predicted molar refractivity (Wildman–Crippen MR) is 238 cm³/mol. The van der Waals surface area contributed by atoms with Crippen molar-refractivity contribution in [3.8, 4) is 69.0 Å². The van der Waals surface area contributed by atoms with E-state index in [1.807, 2.05) is 0 Å². The van der Waals surface area contributed by atoms with Crippen LogP contribution < -0.4 is 30.5 Å². The lowest BCUT2D eigenvalue weighted by atomic mass is 10.1. The van der Waals surface area contributed by atoms with Crippen LogP contribution in [0.4, 0.5) is 0 Å². The number of nitrogens with one attached hydrogen (secondary N) is 3. The molecule has 66 heavy (non-hydrogen) atoms. The summed E-state index contributed by atoms with van der Waals surface area (Å²) in [5.41, 5.74) is 8.36. The van der Waals surface area contributed by atoms with Crippen LogP contribution >= 0.6 is 0 Å². The Kier molecular flexibility index (Phi) is 17.5. The highest BCUT2D eigenvalue weighted by atomic mass is 16.5. The van der Waals surface area contributed by atoms with Gasteiger partial charge in [0.15, 0.2) is 46.0 Å². The number of carbonyl (C=O) groups is 3. The van der Waals surface area contributed by atoms with Crippen LogP contribution in [0, 0.1) is 0 Å². The molecule has 0 radical (unpaired) electrons. The van der Waals surface area contributed by atoms with E-state index >= 15 is 0 Å². The standard InChI is InChI=1S/C17H18N2O7.2C14H12N2O4/c1-24-14-5-9(6-15(25-2)16(14)26-3)17(23)19-18-8-10-4-12(21)13(22)7-11(10)20;17-11-7-13(19)12(18)6-10(11)8-15-16-14(20)9-4-2-1-3-5-9;17-11-7-6-10(12(18)13(11)19)8-15-16-14(20)9-4-2-1-3-5-9/h4-8,20-22H,1-3H3,(H,19,23);2*1-8,17-19H,(H,16,20). The summed E-state index contributed by atoms with van der Waals surface area (Å²) in [4.78, 5) is 35.6. The lowest BCUT2D eigenvalue weighted by Gasteiger charge is -2.13. The van der Waals surface area contributed by atoms with Gasteiger partial charge in [-0.15, -0.1) is 0 Å². The third-order valence-electron chi connectivity index (χ3n) is 8.52. The molecule has 0 atom stereocenters. The number of aromatic hydroxyl groups is 9. The average molecular weight is 907 g/mol. The van der Waals surface area contributed by atoms with Crippen molar-refractivity contribution < 1.29 is 74.6 Å². The van der Waals surface area contributed by atoms with Gasteiger partial charge in [-0.2, -0.15) is 15.3 Å². The number of benzene rings is 6. The van der Waals surface area contributed by atoms with Gasteiger partial charge in [0.25, 0.3) is 17.7 Å². The van der Waals surface area contributed by atoms with Crippen molar-refractivity contribution in [1.82, 2.24) is 16.3 Å². The largest absolute Gasteiger partial charge is 0.507 e. The molecule has 0 unspecified atom stereocenters. The number of phenolic OH excluding ortho intramolecular Hbond substituents is 9. The van der Waals surface area contributed by atoms with Crippen molar-refractivity contribution in [2.24, 2.45) is 15.3 Å². The third kappa shape index (κ3) is 13.4. The number of nitrogens with zero attached hydrogens (tertiary/aromatic N) is 3. The summed E-state index contributed by atoms with van der Waals surface area (Å²) >= 11 is 0. The summed E-state index contributed by atoms with van der Waals surface area (Å²) < 4.78 is 15.5. The fraction of sp³-hybridized carbons (Fsp3) is 0.0667. The minimum atomic E-state index is -0.636. The van der Waals surface area contributed by atoms with Crippen molar-refractivity contribution in [3.63, 3.8) is 0 Å². The molecule has 21 nitrogen and oxygen atoms in total. The maximum absolute atomic E-state index is 12.2. The van der Waals surface area contributed by atoms with Crippen LogP contribution in [0.25, 0.3) is 0 Å². The lowest BCUT2D eigenvalue weighted by molar-refractivity contribution is 0.0946. The molecule has 0 bridgehead atoms. The van der Waals surface area contributed by atoms with Gasteiger partial charge in [-0.05, 0) is 60.7 Å². The normalized spacial score (nSPS) is 10.6. The lowest BCUT2D eigenvalue weighted by Crippen LogP contribution is -2.18. The molecule has 3 amide bonds. The molecule has 6 rings (SSSR count). The number of hydrogen-bond donors (Lipinski definition) is 12. The first-order chi connectivity index (χ1) is 31.6. The number of ether oxygens (including phenoxy) is 3. The average Bonchev–Trinajstić information content (AvgIpc) is 3.32. The van der Waals surface area contributed by atoms with Crippen LogP contribution in [0.1, 0.15) is 47.8 Å². The quantitative estimate of drug-likeness (QED) is 0.0342. The minimum absolute atomic E-state index is 0.102. The van der Waals surface area contributed by atoms with Gasteiger partial charge in [-0.3, -0.25) is 14.4 Å². The molecule has 6 aromatic rings. The summed E-state index contributed by atoms with van der Waals surface area (Å²) in [6, 6.07) is 26.6. The maximum atomic E-state index is 12.2. The molecule has 0 saturated carbocycles. The first-order valence-corrected chi connectivity index (χ1v) is 18.7. The van der Waals surface area contributed by atoms with Crippen molar-refractivity contribution >= 4 is 36.4 Å². The van der Waals surface area contributed by atoms with Crippen LogP contribution in [0.3, 0.4) is 0 Å². The van der Waals surface area contributed by atoms with Crippen LogP contribution in [0.15, 0.2) is 124 Å². The number of amides is 3. The van der Waals surface area contributed by atoms with E-state index in [1.54, 1.807) is 60.7 Å². The van der Waals surface area contributed by atoms with Gasteiger partial charge < -0.3 is 60.2 Å². The Morgan fingerprint density at radius 3 is 1.18 bits per heavy atom. The summed E-state index contributed by atoms with van der Waals surface area (Å²) in [6.07, 6.45) is 3.44. The van der Waals surface area contributed by atoms with Crippen LogP contribution in [0.2, 0.25) is 0 Å². The topological polar surface area (TPSA) is 334 Å². The second-order valence-electron chi connectivity index (χ2n) is 12.9. The van der Waals surface area contributed by atoms with Crippen LogP contribution in [-0.2, 0) is 0 Å². The highest BCUT2D eigenvalue weighted by Crippen LogP contribution is 2.39. The van der Waals surface area contributed by atoms with E-state index in [9.17, 15) is 50.1 Å². The van der Waals surface area contributed by atoms with E-state index in [0.717, 1.165) is 42.9 Å². The second-order valence-corrected chi connectivity index (χ2v) is 12.9. The number of hydrazone groups is 3. The Hall–Kier alpha value is -9.66. The number of rotatable bonds is 12. The molecule has 0 aliphatic heterocycles. The molecule has 6 aromatic carbocycles. The number of carbonyl (C=O) groups excluding carboxylic acids is 3. The molecule has 0 aliphatic carbocycles. The monoisotopic (exact) mass is 906 g/mol. The maximum Gasteiger partial charge on any atom is 0.271 e. The Labute approximate surface area is 374 Å². The number of methoxy groups -OCH3 is 3. The van der Waals surface area contributed by atoms with E-state index in [0.29, 0.717) is 28.4 Å². The molecule has 0 aliphatic rings. The Morgan fingerprint density at radius 1 is 0.409 bits per heavy atom. The smallest absolute Gasteiger partial charge is 0.271 e. The van der Waals surface area contributed by atoms with E-state index in [1.165, 1.54) is 45.6 Å². The molecule has 0 saturated heterocycles. The van der Waals surface area contributed by atoms with Gasteiger partial charge in [0, 0.05) is 45.5 Å². The SMILES string of the molecule is COc1cc(C(=O)NN=Cc2cc(O)c(O)cc2O)cc(OC)c1OC.O=C(NN=Cc1cc(O)c(O)cc1O)c1ccccc1.O=C(NN=Cc1ccc(O)c(O)c1O)c1ccccc1. The number of phenols is 9. The fourth-order valence-corrected chi connectivity index (χ4v) is 5.13. The van der Waals surface area contributed by atoms with Crippen molar-refractivity contribution in [3.05, 3.63) is 143 Å². The van der Waals surface area contributed by atoms with Gasteiger partial charge in [0.05, 0.1) is 40.0 Å². The minimum Gasteiger partial charge on any atom is -0.507 e. The highest BCUT2D eigenvalue weighted by molar-refractivity contribution is 5.97. The number of hydrogen-bond acceptors (Lipinski definition) is 18. The van der Waals surface area contributed by atoms with E-state index in [-0.39, 0.29) is 33.8 Å². The molecule has 0 fully saturated rings. The van der Waals surface area contributed by atoms with E-state index < -0.39 is 58.0 Å². The fourth-order valence-electron chi connectivity index (χ4n) is 5.13. The summed E-state index contributed by atoms with van der Waals surface area (Å²) in [5.74, 6) is -4.29. The molecule has 12 N–H and O–H groups in total. The summed E-state index contributed by atoms with van der Waals surface area (Å²) in [6.45, 7) is 0. The van der Waals surface area contributed by atoms with Gasteiger partial charge in [-0.25, -0.2) is 16.3 Å². The Balaban J connectivity index is 0.000000219. The molecule has 0 aromatic heterocycles. The van der Waals surface area contributed by atoms with E-state index in [2.05, 4.69) is 31.6 Å². The first-order valence-electron chi connectivity index (χ1n) is 18.7. The Morgan fingerprint density at radius 2 is 0.788 bits per heavy atom. The van der Waals surface area contributed by atoms with Gasteiger partial charge in [-0.1, -0.05) is 36.4 Å². The van der Waals surface area contributed by atoms with Crippen molar-refractivity contribution in [2.45, 2.75) is 0 Å². The molecule has 342 valence electrons. The second kappa shape index (κ2) is 23.5. The molecule has 0 heterocycles. The highest BCUT2D eigenvalue weighted by Gasteiger charge is 2.17. The first kappa shape index (κ1) is 49.0. The summed E-state index contributed by atoms with van der Waals surface area (Å²) in [5, 5.41) is 95.4. The van der Waals surface area contributed by atoms with Crippen molar-refractivity contribution in [1.29, 1.82) is 0 Å². The Bertz CT molecular complexity index is 2660. The third-order valence-corrected chi connectivity index (χ3v) is 8.52. The summed E-state index contributed by atoms with van der Waals surface area (Å²) in [7, 11) is 4.30. The van der Waals surface area contributed by atoms with Crippen molar-refractivity contribution in [2.75, 3.05) is 21.3 Å². The van der Waals surface area contributed by atoms with Gasteiger partial charge in [0.1, 0.15) is 11.5 Å². The van der Waals surface area contributed by atoms with Crippen LogP contribution in [-0.4, -0.2) is 104 Å². The molecular formula is C45H42N6O15. The van der Waals surface area contributed by atoms with E-state index in [4.69, 9.17) is 24.4 Å². The zero-order valence-electron chi connectivity index (χ0n) is 34.9. The van der Waals surface area contributed by atoms with Gasteiger partial charge >= 0.3 is 0 Å².